The number of aryl methyl sites for hydroxylation is 1. The Morgan fingerprint density at radius 1 is 1.71 bits per heavy atom. The van der Waals surface area contributed by atoms with E-state index in [0.29, 0.717) is 5.92 Å². The third kappa shape index (κ3) is 1.57. The van der Waals surface area contributed by atoms with E-state index in [2.05, 4.69) is 22.8 Å². The van der Waals surface area contributed by atoms with Crippen LogP contribution < -0.4 is 11.3 Å². The first kappa shape index (κ1) is 9.72. The molecule has 0 radical (unpaired) electrons. The molecular formula is C11H14N2S. The molecule has 2 rings (SSSR count). The molecular weight excluding hydrogens is 192 g/mol. The van der Waals surface area contributed by atoms with Gasteiger partial charge in [0.2, 0.25) is 0 Å². The van der Waals surface area contributed by atoms with E-state index in [1.807, 2.05) is 11.3 Å². The maximum absolute atomic E-state index is 5.45. The third-order valence-corrected chi connectivity index (χ3v) is 3.86. The predicted octanol–water partition coefficient (Wildman–Crippen LogP) is 1.63. The molecule has 0 spiro atoms. The summed E-state index contributed by atoms with van der Waals surface area (Å²) in [5.74, 6) is 8.57. The topological polar surface area (TPSA) is 38.0 Å². The number of hydrogen-bond donors (Lipinski definition) is 2. The van der Waals surface area contributed by atoms with Crippen LogP contribution >= 0.6 is 11.3 Å². The van der Waals surface area contributed by atoms with Crippen molar-refractivity contribution in [3.05, 3.63) is 21.9 Å². The van der Waals surface area contributed by atoms with Crippen LogP contribution in [-0.2, 0) is 6.42 Å². The third-order valence-electron chi connectivity index (χ3n) is 2.86. The van der Waals surface area contributed by atoms with Crippen molar-refractivity contribution in [3.63, 3.8) is 0 Å². The van der Waals surface area contributed by atoms with Crippen molar-refractivity contribution in [2.75, 3.05) is 0 Å². The molecule has 1 aliphatic carbocycles. The fourth-order valence-corrected chi connectivity index (χ4v) is 3.15. The summed E-state index contributed by atoms with van der Waals surface area (Å²) in [5.41, 5.74) is 4.13. The van der Waals surface area contributed by atoms with E-state index in [1.165, 1.54) is 23.3 Å². The number of thiophene rings is 1. The summed E-state index contributed by atoms with van der Waals surface area (Å²) in [7, 11) is 0. The van der Waals surface area contributed by atoms with Crippen LogP contribution in [0, 0.1) is 12.3 Å². The number of nitrogens with one attached hydrogen (secondary N) is 1. The average molecular weight is 206 g/mol. The first-order valence-electron chi connectivity index (χ1n) is 4.85. The zero-order chi connectivity index (χ0) is 9.97. The first-order valence-corrected chi connectivity index (χ1v) is 5.73. The molecule has 0 aliphatic heterocycles. The van der Waals surface area contributed by atoms with Crippen LogP contribution in [0.15, 0.2) is 11.4 Å². The Kier molecular flexibility index (Phi) is 2.87. The van der Waals surface area contributed by atoms with Gasteiger partial charge in [0.1, 0.15) is 0 Å². The zero-order valence-corrected chi connectivity index (χ0v) is 8.81. The van der Waals surface area contributed by atoms with E-state index in [0.717, 1.165) is 6.42 Å². The van der Waals surface area contributed by atoms with E-state index in [1.54, 1.807) is 0 Å². The van der Waals surface area contributed by atoms with Gasteiger partial charge in [0, 0.05) is 10.8 Å². The molecule has 0 amide bonds. The van der Waals surface area contributed by atoms with E-state index in [4.69, 9.17) is 12.3 Å². The minimum Gasteiger partial charge on any atom is -0.270 e. The van der Waals surface area contributed by atoms with Gasteiger partial charge < -0.3 is 0 Å². The number of hydrogen-bond acceptors (Lipinski definition) is 3. The van der Waals surface area contributed by atoms with E-state index < -0.39 is 0 Å². The van der Waals surface area contributed by atoms with Gasteiger partial charge in [-0.2, -0.15) is 0 Å². The molecule has 0 saturated heterocycles. The summed E-state index contributed by atoms with van der Waals surface area (Å²) < 4.78 is 0. The van der Waals surface area contributed by atoms with Crippen LogP contribution in [0.5, 0.6) is 0 Å². The van der Waals surface area contributed by atoms with Gasteiger partial charge in [0.25, 0.3) is 0 Å². The normalized spacial score (nSPS) is 22.4. The molecule has 0 saturated carbocycles. The van der Waals surface area contributed by atoms with Crippen molar-refractivity contribution >= 4 is 11.3 Å². The van der Waals surface area contributed by atoms with Gasteiger partial charge in [-0.05, 0) is 36.3 Å². The van der Waals surface area contributed by atoms with Crippen LogP contribution in [0.25, 0.3) is 0 Å². The minimum atomic E-state index is -0.0244. The molecule has 2 nitrogen and oxygen atoms in total. The van der Waals surface area contributed by atoms with Crippen LogP contribution in [0.2, 0.25) is 0 Å². The second-order valence-corrected chi connectivity index (χ2v) is 4.61. The maximum atomic E-state index is 5.45. The molecule has 2 unspecified atom stereocenters. The van der Waals surface area contributed by atoms with Crippen molar-refractivity contribution in [2.24, 2.45) is 5.84 Å². The average Bonchev–Trinajstić information content (AvgIpc) is 2.68. The van der Waals surface area contributed by atoms with Gasteiger partial charge in [-0.15, -0.1) is 17.8 Å². The van der Waals surface area contributed by atoms with Crippen LogP contribution in [-0.4, -0.2) is 6.04 Å². The molecule has 1 aromatic rings. The summed E-state index contributed by atoms with van der Waals surface area (Å²) in [6.45, 7) is 0. The Hall–Kier alpha value is -0.820. The molecule has 1 aliphatic rings. The Morgan fingerprint density at radius 3 is 3.29 bits per heavy atom. The lowest BCUT2D eigenvalue weighted by molar-refractivity contribution is 0.464. The lowest BCUT2D eigenvalue weighted by atomic mass is 9.83. The molecule has 0 fully saturated rings. The molecule has 0 aromatic carbocycles. The fourth-order valence-electron chi connectivity index (χ4n) is 2.15. The molecule has 1 heterocycles. The number of hydrazine groups is 1. The SMILES string of the molecule is C#CC(NN)C1CCCc2sccc21. The number of terminal acetylenes is 1. The maximum Gasteiger partial charge on any atom is 0.0883 e. The van der Waals surface area contributed by atoms with Crippen molar-refractivity contribution < 1.29 is 0 Å². The second-order valence-electron chi connectivity index (χ2n) is 3.61. The van der Waals surface area contributed by atoms with E-state index in [-0.39, 0.29) is 6.04 Å². The van der Waals surface area contributed by atoms with Crippen molar-refractivity contribution in [1.82, 2.24) is 5.43 Å². The fraction of sp³-hybridized carbons (Fsp3) is 0.455. The largest absolute Gasteiger partial charge is 0.270 e. The lowest BCUT2D eigenvalue weighted by Gasteiger charge is -2.26. The molecule has 1 aromatic heterocycles. The quantitative estimate of drug-likeness (QED) is 0.438. The minimum absolute atomic E-state index is 0.0244. The highest BCUT2D eigenvalue weighted by Gasteiger charge is 2.26. The molecule has 3 heteroatoms. The van der Waals surface area contributed by atoms with E-state index in [9.17, 15) is 0 Å². The smallest absolute Gasteiger partial charge is 0.0883 e. The lowest BCUT2D eigenvalue weighted by Crippen LogP contribution is -2.39. The Balaban J connectivity index is 2.28. The Morgan fingerprint density at radius 2 is 2.57 bits per heavy atom. The van der Waals surface area contributed by atoms with Crippen LogP contribution in [0.4, 0.5) is 0 Å². The van der Waals surface area contributed by atoms with Gasteiger partial charge in [-0.3, -0.25) is 5.84 Å². The number of nitrogens with two attached hydrogens (primary N) is 1. The van der Waals surface area contributed by atoms with Gasteiger partial charge >= 0.3 is 0 Å². The van der Waals surface area contributed by atoms with Crippen molar-refractivity contribution in [1.29, 1.82) is 0 Å². The Bertz CT molecular complexity index is 350. The van der Waals surface area contributed by atoms with E-state index >= 15 is 0 Å². The van der Waals surface area contributed by atoms with Gasteiger partial charge in [0.15, 0.2) is 0 Å². The highest BCUT2D eigenvalue weighted by atomic mass is 32.1. The Labute approximate surface area is 88.5 Å². The summed E-state index contributed by atoms with van der Waals surface area (Å²) in [5, 5.41) is 2.15. The summed E-state index contributed by atoms with van der Waals surface area (Å²) in [6, 6.07) is 2.16. The van der Waals surface area contributed by atoms with Gasteiger partial charge in [-0.1, -0.05) is 5.92 Å². The first-order chi connectivity index (χ1) is 6.86. The second kappa shape index (κ2) is 4.14. The molecule has 0 bridgehead atoms. The van der Waals surface area contributed by atoms with Crippen molar-refractivity contribution in [2.45, 2.75) is 31.2 Å². The number of fused-ring (bicyclic) bond motifs is 1. The van der Waals surface area contributed by atoms with Gasteiger partial charge in [0.05, 0.1) is 6.04 Å². The van der Waals surface area contributed by atoms with Crippen LogP contribution in [0.1, 0.15) is 29.2 Å². The highest BCUT2D eigenvalue weighted by Crippen LogP contribution is 2.36. The molecule has 2 atom stereocenters. The summed E-state index contributed by atoms with van der Waals surface area (Å²) in [4.78, 5) is 1.48. The van der Waals surface area contributed by atoms with Crippen LogP contribution in [0.3, 0.4) is 0 Å². The molecule has 74 valence electrons. The summed E-state index contributed by atoms with van der Waals surface area (Å²) >= 11 is 1.83. The van der Waals surface area contributed by atoms with Crippen molar-refractivity contribution in [3.8, 4) is 12.3 Å². The van der Waals surface area contributed by atoms with Gasteiger partial charge in [-0.25, -0.2) is 5.43 Å². The zero-order valence-electron chi connectivity index (χ0n) is 7.99. The monoisotopic (exact) mass is 206 g/mol. The predicted molar refractivity (Wildman–Crippen MR) is 59.9 cm³/mol. The highest BCUT2D eigenvalue weighted by molar-refractivity contribution is 7.10. The molecule has 14 heavy (non-hydrogen) atoms. The number of rotatable bonds is 2. The molecule has 3 N–H and O–H groups in total. The summed E-state index contributed by atoms with van der Waals surface area (Å²) in [6.07, 6.45) is 9.01. The standard InChI is InChI=1S/C11H14N2S/c1-2-10(13-12)8-4-3-5-11-9(8)6-7-14-11/h1,6-8,10,13H,3-5,12H2.